The van der Waals surface area contributed by atoms with Gasteiger partial charge < -0.3 is 19.9 Å². The third kappa shape index (κ3) is 4.03. The fourth-order valence-corrected chi connectivity index (χ4v) is 3.21. The van der Waals surface area contributed by atoms with Crippen molar-refractivity contribution in [3.05, 3.63) is 12.4 Å². The Morgan fingerprint density at radius 3 is 2.70 bits per heavy atom. The first kappa shape index (κ1) is 15.8. The van der Waals surface area contributed by atoms with Crippen molar-refractivity contribution in [2.75, 3.05) is 43.0 Å². The van der Waals surface area contributed by atoms with Gasteiger partial charge in [0.15, 0.2) is 0 Å². The van der Waals surface area contributed by atoms with Crippen molar-refractivity contribution in [1.29, 1.82) is 0 Å². The van der Waals surface area contributed by atoms with Crippen molar-refractivity contribution in [3.63, 3.8) is 0 Å². The molecule has 3 rings (SSSR count). The molecule has 0 unspecified atom stereocenters. The van der Waals surface area contributed by atoms with Gasteiger partial charge in [0.2, 0.25) is 0 Å². The molecule has 126 valence electrons. The predicted molar refractivity (Wildman–Crippen MR) is 88.7 cm³/mol. The monoisotopic (exact) mass is 319 g/mol. The Labute approximate surface area is 137 Å². The van der Waals surface area contributed by atoms with E-state index in [0.29, 0.717) is 25.7 Å². The standard InChI is InChI=1S/C16H25N5O2/c1-2-23-16(22)21-9-7-20(8-10-21)15-11-14(17-12-18-15)19-13-5-3-4-6-13/h11-13H,2-10H2,1H3,(H,17,18,19). The first-order valence-electron chi connectivity index (χ1n) is 8.51. The lowest BCUT2D eigenvalue weighted by atomic mass is 10.2. The summed E-state index contributed by atoms with van der Waals surface area (Å²) >= 11 is 0. The third-order valence-corrected chi connectivity index (χ3v) is 4.49. The van der Waals surface area contributed by atoms with Gasteiger partial charge in [-0.25, -0.2) is 14.8 Å². The van der Waals surface area contributed by atoms with E-state index in [-0.39, 0.29) is 6.09 Å². The number of rotatable bonds is 4. The number of amides is 1. The molecule has 7 nitrogen and oxygen atoms in total. The van der Waals surface area contributed by atoms with Crippen molar-refractivity contribution in [1.82, 2.24) is 14.9 Å². The molecule has 1 aromatic rings. The van der Waals surface area contributed by atoms with Crippen LogP contribution < -0.4 is 10.2 Å². The van der Waals surface area contributed by atoms with Crippen LogP contribution in [-0.4, -0.2) is 59.8 Å². The summed E-state index contributed by atoms with van der Waals surface area (Å²) in [6.45, 7) is 5.09. The lowest BCUT2D eigenvalue weighted by molar-refractivity contribution is 0.105. The molecule has 1 aliphatic heterocycles. The number of carbonyl (C=O) groups is 1. The molecule has 2 aliphatic rings. The zero-order valence-electron chi connectivity index (χ0n) is 13.7. The second-order valence-corrected chi connectivity index (χ2v) is 6.06. The first-order chi connectivity index (χ1) is 11.3. The van der Waals surface area contributed by atoms with E-state index >= 15 is 0 Å². The van der Waals surface area contributed by atoms with Crippen LogP contribution in [0.4, 0.5) is 16.4 Å². The van der Waals surface area contributed by atoms with Gasteiger partial charge in [0.05, 0.1) is 6.61 Å². The van der Waals surface area contributed by atoms with Gasteiger partial charge in [0.25, 0.3) is 0 Å². The highest BCUT2D eigenvalue weighted by Crippen LogP contribution is 2.23. The van der Waals surface area contributed by atoms with Gasteiger partial charge in [-0.3, -0.25) is 0 Å². The van der Waals surface area contributed by atoms with Gasteiger partial charge in [-0.05, 0) is 19.8 Å². The van der Waals surface area contributed by atoms with Crippen molar-refractivity contribution >= 4 is 17.7 Å². The van der Waals surface area contributed by atoms with Crippen LogP contribution in [0.3, 0.4) is 0 Å². The number of ether oxygens (including phenoxy) is 1. The molecular formula is C16H25N5O2. The molecule has 7 heteroatoms. The minimum Gasteiger partial charge on any atom is -0.450 e. The van der Waals surface area contributed by atoms with Gasteiger partial charge in [-0.15, -0.1) is 0 Å². The third-order valence-electron chi connectivity index (χ3n) is 4.49. The van der Waals surface area contributed by atoms with Crippen LogP contribution in [-0.2, 0) is 4.74 Å². The molecule has 0 spiro atoms. The second-order valence-electron chi connectivity index (χ2n) is 6.06. The quantitative estimate of drug-likeness (QED) is 0.916. The average molecular weight is 319 g/mol. The van der Waals surface area contributed by atoms with Crippen LogP contribution in [0.2, 0.25) is 0 Å². The summed E-state index contributed by atoms with van der Waals surface area (Å²) in [6, 6.07) is 2.55. The summed E-state index contributed by atoms with van der Waals surface area (Å²) in [5.74, 6) is 1.82. The first-order valence-corrected chi connectivity index (χ1v) is 8.51. The van der Waals surface area contributed by atoms with Gasteiger partial charge in [-0.1, -0.05) is 12.8 Å². The van der Waals surface area contributed by atoms with Gasteiger partial charge in [-0.2, -0.15) is 0 Å². The number of hydrogen-bond acceptors (Lipinski definition) is 6. The topological polar surface area (TPSA) is 70.6 Å². The van der Waals surface area contributed by atoms with Gasteiger partial charge in [0.1, 0.15) is 18.0 Å². The van der Waals surface area contributed by atoms with Crippen LogP contribution >= 0.6 is 0 Å². The van der Waals surface area contributed by atoms with E-state index in [2.05, 4.69) is 20.2 Å². The van der Waals surface area contributed by atoms with E-state index in [0.717, 1.165) is 24.7 Å². The van der Waals surface area contributed by atoms with Crippen molar-refractivity contribution < 1.29 is 9.53 Å². The largest absolute Gasteiger partial charge is 0.450 e. The highest BCUT2D eigenvalue weighted by molar-refractivity contribution is 5.68. The lowest BCUT2D eigenvalue weighted by Gasteiger charge is -2.34. The molecule has 0 aromatic carbocycles. The van der Waals surface area contributed by atoms with E-state index in [4.69, 9.17) is 4.74 Å². The van der Waals surface area contributed by atoms with E-state index in [1.807, 2.05) is 13.0 Å². The maximum Gasteiger partial charge on any atom is 0.409 e. The number of nitrogens with zero attached hydrogens (tertiary/aromatic N) is 4. The Kier molecular flexibility index (Phi) is 5.15. The number of piperazine rings is 1. The molecule has 1 saturated carbocycles. The Balaban J connectivity index is 1.56. The van der Waals surface area contributed by atoms with Crippen LogP contribution in [0.15, 0.2) is 12.4 Å². The van der Waals surface area contributed by atoms with Crippen LogP contribution in [0.1, 0.15) is 32.6 Å². The van der Waals surface area contributed by atoms with Crippen LogP contribution in [0.5, 0.6) is 0 Å². The minimum atomic E-state index is -0.224. The summed E-state index contributed by atoms with van der Waals surface area (Å²) < 4.78 is 5.05. The maximum atomic E-state index is 11.7. The van der Waals surface area contributed by atoms with E-state index < -0.39 is 0 Å². The molecule has 1 amide bonds. The Bertz CT molecular complexity index is 525. The number of nitrogens with one attached hydrogen (secondary N) is 1. The summed E-state index contributed by atoms with van der Waals surface area (Å²) in [7, 11) is 0. The minimum absolute atomic E-state index is 0.224. The zero-order valence-corrected chi connectivity index (χ0v) is 13.7. The maximum absolute atomic E-state index is 11.7. The molecule has 0 radical (unpaired) electrons. The fraction of sp³-hybridized carbons (Fsp3) is 0.688. The summed E-state index contributed by atoms with van der Waals surface area (Å²) in [6.07, 6.45) is 6.43. The van der Waals surface area contributed by atoms with Crippen LogP contribution in [0, 0.1) is 0 Å². The molecule has 1 saturated heterocycles. The van der Waals surface area contributed by atoms with E-state index in [9.17, 15) is 4.79 Å². The van der Waals surface area contributed by atoms with Crippen LogP contribution in [0.25, 0.3) is 0 Å². The highest BCUT2D eigenvalue weighted by atomic mass is 16.6. The normalized spacial score (nSPS) is 19.0. The molecule has 1 N–H and O–H groups in total. The van der Waals surface area contributed by atoms with Crippen molar-refractivity contribution in [2.24, 2.45) is 0 Å². The average Bonchev–Trinajstić information content (AvgIpc) is 3.08. The summed E-state index contributed by atoms with van der Waals surface area (Å²) in [5.41, 5.74) is 0. The summed E-state index contributed by atoms with van der Waals surface area (Å²) in [5, 5.41) is 3.50. The number of aromatic nitrogens is 2. The predicted octanol–water partition coefficient (Wildman–Crippen LogP) is 2.11. The number of hydrogen-bond donors (Lipinski definition) is 1. The van der Waals surface area contributed by atoms with Gasteiger partial charge >= 0.3 is 6.09 Å². The smallest absolute Gasteiger partial charge is 0.409 e. The van der Waals surface area contributed by atoms with E-state index in [1.165, 1.54) is 25.7 Å². The molecule has 1 aliphatic carbocycles. The molecule has 23 heavy (non-hydrogen) atoms. The molecule has 1 aromatic heterocycles. The SMILES string of the molecule is CCOC(=O)N1CCN(c2cc(NC3CCCC3)ncn2)CC1. The number of carbonyl (C=O) groups excluding carboxylic acids is 1. The molecule has 0 atom stereocenters. The van der Waals surface area contributed by atoms with Crippen molar-refractivity contribution in [2.45, 2.75) is 38.6 Å². The fourth-order valence-electron chi connectivity index (χ4n) is 3.21. The molecule has 2 heterocycles. The molecule has 2 fully saturated rings. The Morgan fingerprint density at radius 2 is 2.00 bits per heavy atom. The lowest BCUT2D eigenvalue weighted by Crippen LogP contribution is -2.49. The van der Waals surface area contributed by atoms with E-state index in [1.54, 1.807) is 11.2 Å². The second kappa shape index (κ2) is 7.48. The van der Waals surface area contributed by atoms with Crippen molar-refractivity contribution in [3.8, 4) is 0 Å². The van der Waals surface area contributed by atoms with Gasteiger partial charge in [0, 0.05) is 38.3 Å². The Hall–Kier alpha value is -2.05. The highest BCUT2D eigenvalue weighted by Gasteiger charge is 2.23. The zero-order chi connectivity index (χ0) is 16.1. The molecule has 0 bridgehead atoms. The number of anilines is 2. The Morgan fingerprint density at radius 1 is 1.26 bits per heavy atom. The summed E-state index contributed by atoms with van der Waals surface area (Å²) in [4.78, 5) is 24.4. The molecular weight excluding hydrogens is 294 g/mol.